The highest BCUT2D eigenvalue weighted by molar-refractivity contribution is 7.87. The highest BCUT2D eigenvalue weighted by Gasteiger charge is 2.48. The number of nitrogens with two attached hydrogens (primary N) is 1. The fraction of sp³-hybridized carbons (Fsp3) is 0.350. The van der Waals surface area contributed by atoms with Gasteiger partial charge in [-0.3, -0.25) is 13.9 Å². The van der Waals surface area contributed by atoms with Crippen molar-refractivity contribution in [2.45, 2.75) is 194 Å². The summed E-state index contributed by atoms with van der Waals surface area (Å²) in [6.07, 6.45) is 7.04. The van der Waals surface area contributed by atoms with Crippen LogP contribution in [0.3, 0.4) is 0 Å². The molecule has 0 spiro atoms. The molecule has 20 nitrogen and oxygen atoms in total. The maximum Gasteiger partial charge on any atom is 0.523 e. The molecule has 7 N–H and O–H groups in total. The summed E-state index contributed by atoms with van der Waals surface area (Å²) >= 11 is 0. The fourth-order valence-electron chi connectivity index (χ4n) is 13.3. The first kappa shape index (κ1) is 110. The molecule has 2 aliphatic heterocycles. The lowest BCUT2D eigenvalue weighted by molar-refractivity contribution is -0.135. The van der Waals surface area contributed by atoms with Gasteiger partial charge in [0, 0.05) is 61.5 Å². The SMILES string of the molecule is CC(C)(F)COS(=O)(=O)C(F)(F)F.CC(Cc1ccc(O)c(O)c1)NCC(C)(C)F.CC(Cc1ccc(OCc2ccccc2)c(OCc2ccccc2)c1)NCC(C)(C)F.CC(N)Cc1ccc(OCc2ccccc2)c(OCc2ccccc2)c1.CC1Cc2cc3c(cc2C(c2c(F)cc(/C=C/C(=O)O)cc2F)N1CC(C)(C)F)OCO3.COC(=O)/C=C/c1cc(F)c(C=O)c(F)c1. The Morgan fingerprint density at radius 3 is 1.30 bits per heavy atom. The second-order valence-electron chi connectivity index (χ2n) is 34.6. The maximum absolute atomic E-state index is 15.3. The number of aromatic hydroxyl groups is 2. The molecular formula is C103H117F11N4O16S. The number of hydrogen-bond donors (Lipinski definition) is 6. The number of nitrogens with zero attached hydrogens (tertiary/aromatic N) is 1. The lowest BCUT2D eigenvalue weighted by Crippen LogP contribution is -2.48. The number of fused-ring (bicyclic) bond motifs is 2. The minimum absolute atomic E-state index is 0.0355. The molecule has 0 radical (unpaired) electrons. The zero-order chi connectivity index (χ0) is 99.6. The van der Waals surface area contributed by atoms with Crippen LogP contribution in [0.4, 0.5) is 48.3 Å². The molecule has 0 saturated carbocycles. The molecule has 0 amide bonds. The van der Waals surface area contributed by atoms with Crippen LogP contribution in [0.1, 0.15) is 166 Å². The Morgan fingerprint density at radius 2 is 0.911 bits per heavy atom. The number of carbonyl (C=O) groups excluding carboxylic acids is 2. The first-order chi connectivity index (χ1) is 63.4. The number of esters is 1. The number of halogens is 11. The molecule has 12 rings (SSSR count). The van der Waals surface area contributed by atoms with Crippen LogP contribution in [-0.2, 0) is 80.7 Å². The van der Waals surface area contributed by atoms with E-state index in [0.717, 1.165) is 131 Å². The van der Waals surface area contributed by atoms with Crippen LogP contribution in [-0.4, -0.2) is 139 Å². The highest BCUT2D eigenvalue weighted by Crippen LogP contribution is 2.47. The van der Waals surface area contributed by atoms with Crippen molar-refractivity contribution in [1.82, 2.24) is 15.5 Å². The van der Waals surface area contributed by atoms with Crippen LogP contribution in [0.25, 0.3) is 12.2 Å². The fourth-order valence-corrected chi connectivity index (χ4v) is 13.8. The third kappa shape index (κ3) is 38.9. The second-order valence-corrected chi connectivity index (χ2v) is 36.3. The van der Waals surface area contributed by atoms with E-state index in [4.69, 9.17) is 39.3 Å². The van der Waals surface area contributed by atoms with Crippen molar-refractivity contribution in [2.24, 2.45) is 5.73 Å². The van der Waals surface area contributed by atoms with E-state index in [1.165, 1.54) is 53.0 Å². The third-order valence-corrected chi connectivity index (χ3v) is 20.8. The van der Waals surface area contributed by atoms with Crippen molar-refractivity contribution in [1.29, 1.82) is 0 Å². The molecule has 32 heteroatoms. The summed E-state index contributed by atoms with van der Waals surface area (Å²) in [4.78, 5) is 33.5. The number of nitrogens with one attached hydrogen (secondary N) is 2. The topological polar surface area (TPSA) is 273 Å². The first-order valence-corrected chi connectivity index (χ1v) is 44.5. The number of phenols is 2. The number of rotatable bonds is 35. The molecule has 135 heavy (non-hydrogen) atoms. The quantitative estimate of drug-likeness (QED) is 0.00410. The van der Waals surface area contributed by atoms with E-state index in [1.807, 2.05) is 148 Å². The normalized spacial score (nSPS) is 14.3. The lowest BCUT2D eigenvalue weighted by atomic mass is 9.83. The van der Waals surface area contributed by atoms with Gasteiger partial charge < -0.3 is 64.8 Å². The largest absolute Gasteiger partial charge is 0.523 e. The van der Waals surface area contributed by atoms with E-state index >= 15 is 8.78 Å². The van der Waals surface area contributed by atoms with Crippen LogP contribution in [0.2, 0.25) is 0 Å². The molecule has 5 atom stereocenters. The van der Waals surface area contributed by atoms with Gasteiger partial charge in [0.25, 0.3) is 0 Å². The standard InChI is InChI=1S/C27H32FNO2.C24H24F3NO4.C23H25NO2.C13H20FNO2.C11H8F2O3.C5H8F4O3S/c1-21(29-20-27(2,3)28)16-24-14-15-25(30-18-22-10-6-4-7-11-22)26(17-24)31-19-23-12-8-5-9-13-23;1-13-6-15-9-19-20(32-12-31-19)10-16(15)23(28(13)11-24(2,3)27)22-17(25)7-14(8-18(22)26)4-5-21(29)30;1-18(24)14-21-12-13-22(25-16-19-8-4-2-5-9-19)23(15-21)26-17-20-10-6-3-7-11-20;1-9(15-8-13(2,3)14)6-10-4-5-11(16)12(17)7-10;1-16-11(15)3-2-7-4-9(12)8(6-14)10(13)5-7;1-4(2,6)3-12-13(10,11)5(7,8)9/h4-15,17,21,29H,16,18-20H2,1-3H3;4-5,7-10,13,23H,6,11-12H2,1-3H3,(H,29,30);2-13,15,18H,14,16-17,24H2,1H3;4-5,7,9,15-17H,6,8H2,1-3H3;2-6H,1H3;3H2,1-2H3/b;5-4+;;;3-2+;. The maximum atomic E-state index is 15.3. The van der Waals surface area contributed by atoms with Gasteiger partial charge in [-0.15, -0.1) is 0 Å². The van der Waals surface area contributed by atoms with Gasteiger partial charge in [-0.25, -0.2) is 44.7 Å². The second kappa shape index (κ2) is 51.4. The number of phenolic OH excluding ortho intramolecular Hbond substituents is 2. The van der Waals surface area contributed by atoms with Crippen LogP contribution in [0.5, 0.6) is 46.0 Å². The first-order valence-electron chi connectivity index (χ1n) is 43.1. The van der Waals surface area contributed by atoms with E-state index in [9.17, 15) is 72.5 Å². The third-order valence-electron chi connectivity index (χ3n) is 19.8. The summed E-state index contributed by atoms with van der Waals surface area (Å²) in [5.41, 5.74) is 2.72. The molecule has 2 aliphatic rings. The Morgan fingerprint density at radius 1 is 0.511 bits per heavy atom. The van der Waals surface area contributed by atoms with Crippen LogP contribution in [0, 0.1) is 23.3 Å². The molecule has 0 bridgehead atoms. The summed E-state index contributed by atoms with van der Waals surface area (Å²) in [5, 5.41) is 33.7. The van der Waals surface area contributed by atoms with Crippen molar-refractivity contribution in [3.63, 3.8) is 0 Å². The van der Waals surface area contributed by atoms with Gasteiger partial charge in [-0.2, -0.15) is 21.6 Å². The molecule has 10 aromatic carbocycles. The van der Waals surface area contributed by atoms with E-state index in [0.29, 0.717) is 68.6 Å². The van der Waals surface area contributed by atoms with Gasteiger partial charge in [0.15, 0.2) is 52.3 Å². The number of carboxylic acid groups (broad SMARTS) is 1. The molecule has 728 valence electrons. The van der Waals surface area contributed by atoms with E-state index in [2.05, 4.69) is 62.9 Å². The molecule has 5 unspecified atom stereocenters. The summed E-state index contributed by atoms with van der Waals surface area (Å²) < 4.78 is 209. The average Bonchev–Trinajstić information content (AvgIpc) is 1.73. The van der Waals surface area contributed by atoms with Gasteiger partial charge in [-0.1, -0.05) is 140 Å². The molecule has 0 saturated heterocycles. The summed E-state index contributed by atoms with van der Waals surface area (Å²) in [7, 11) is -4.49. The summed E-state index contributed by atoms with van der Waals surface area (Å²) in [6.45, 7) is 20.2. The number of alkyl halides is 7. The van der Waals surface area contributed by atoms with Gasteiger partial charge in [0.2, 0.25) is 6.79 Å². The summed E-state index contributed by atoms with van der Waals surface area (Å²) in [5.74, 6) is -1.74. The van der Waals surface area contributed by atoms with Crippen LogP contribution < -0.4 is 44.8 Å². The zero-order valence-corrected chi connectivity index (χ0v) is 78.2. The van der Waals surface area contributed by atoms with Gasteiger partial charge in [0.05, 0.1) is 18.7 Å². The number of aldehydes is 1. The number of carbonyl (C=O) groups is 3. The average molecular weight is 1910 g/mol. The zero-order valence-electron chi connectivity index (χ0n) is 77.4. The Kier molecular flexibility index (Phi) is 41.8. The van der Waals surface area contributed by atoms with Gasteiger partial charge in [-0.05, 0) is 255 Å². The highest BCUT2D eigenvalue weighted by atomic mass is 32.2. The van der Waals surface area contributed by atoms with E-state index in [1.54, 1.807) is 30.9 Å². The monoisotopic (exact) mass is 1910 g/mol. The summed E-state index contributed by atoms with van der Waals surface area (Å²) in [6, 6.07) is 64.1. The number of benzene rings is 10. The van der Waals surface area contributed by atoms with Gasteiger partial charge in [0.1, 0.15) is 79.0 Å². The van der Waals surface area contributed by atoms with Crippen LogP contribution in [0.15, 0.2) is 224 Å². The van der Waals surface area contributed by atoms with Crippen molar-refractivity contribution >= 4 is 40.5 Å². The molecule has 0 aromatic heterocycles. The van der Waals surface area contributed by atoms with E-state index in [-0.39, 0.29) is 78.5 Å². The minimum atomic E-state index is -5.67. The predicted molar refractivity (Wildman–Crippen MR) is 497 cm³/mol. The molecule has 0 fully saturated rings. The smallest absolute Gasteiger partial charge is 0.504 e. The number of carboxylic acids is 1. The number of hydrogen-bond acceptors (Lipinski definition) is 19. The number of methoxy groups -OCH3 is 1. The molecule has 10 aromatic rings. The lowest BCUT2D eigenvalue weighted by Gasteiger charge is -2.44. The van der Waals surface area contributed by atoms with Crippen LogP contribution >= 0.6 is 0 Å². The molecule has 2 heterocycles. The van der Waals surface area contributed by atoms with Gasteiger partial charge >= 0.3 is 27.6 Å². The number of ether oxygens (including phenoxy) is 7. The minimum Gasteiger partial charge on any atom is -0.504 e. The van der Waals surface area contributed by atoms with Crippen molar-refractivity contribution in [2.75, 3.05) is 40.1 Å². The van der Waals surface area contributed by atoms with E-state index < -0.39 is 91.7 Å². The number of aliphatic carboxylic acids is 1. The van der Waals surface area contributed by atoms with Crippen molar-refractivity contribution < 1.29 is 124 Å². The Hall–Kier alpha value is -12.3. The molecular weight excluding hydrogens is 1790 g/mol. The van der Waals surface area contributed by atoms with Crippen molar-refractivity contribution in [3.8, 4) is 46.0 Å². The molecule has 0 aliphatic carbocycles. The Labute approximate surface area is 781 Å². The Balaban J connectivity index is 0.000000228. The van der Waals surface area contributed by atoms with Crippen molar-refractivity contribution in [3.05, 3.63) is 320 Å². The predicted octanol–water partition coefficient (Wildman–Crippen LogP) is 21.7. The Bertz CT molecular complexity index is 5580.